The van der Waals surface area contributed by atoms with Gasteiger partial charge in [0.1, 0.15) is 11.9 Å². The highest BCUT2D eigenvalue weighted by Crippen LogP contribution is 2.26. The molecular formula is C31H36FN3O4S. The summed E-state index contributed by atoms with van der Waals surface area (Å²) in [7, 11) is -3.56. The van der Waals surface area contributed by atoms with Crippen molar-refractivity contribution in [2.75, 3.05) is 6.54 Å². The predicted octanol–water partition coefficient (Wildman–Crippen LogP) is 4.74. The maximum Gasteiger partial charge on any atom is 0.247 e. The summed E-state index contributed by atoms with van der Waals surface area (Å²) in [6.07, 6.45) is 2.18. The molecule has 9 heteroatoms. The monoisotopic (exact) mass is 565 g/mol. The Morgan fingerprint density at radius 1 is 0.925 bits per heavy atom. The average Bonchev–Trinajstić information content (AvgIpc) is 3.75. The van der Waals surface area contributed by atoms with Gasteiger partial charge in [0, 0.05) is 25.6 Å². The lowest BCUT2D eigenvalue weighted by molar-refractivity contribution is -0.141. The lowest BCUT2D eigenvalue weighted by Gasteiger charge is -2.32. The molecule has 0 unspecified atom stereocenters. The number of carbonyl (C=O) groups excluding carboxylic acids is 2. The second-order valence-corrected chi connectivity index (χ2v) is 12.4. The minimum atomic E-state index is -3.56. The van der Waals surface area contributed by atoms with Crippen LogP contribution in [0.3, 0.4) is 0 Å². The second-order valence-electron chi connectivity index (χ2n) is 10.6. The van der Waals surface area contributed by atoms with Crippen LogP contribution in [0.25, 0.3) is 0 Å². The topological polar surface area (TPSA) is 95.6 Å². The van der Waals surface area contributed by atoms with Crippen molar-refractivity contribution in [3.05, 3.63) is 101 Å². The maximum atomic E-state index is 13.8. The molecule has 4 rings (SSSR count). The standard InChI is InChI=1S/C31H36FN3O4S/c1-22(2)20-33-31(37)30(25-6-4-3-5-7-25)35(21-24-8-13-26(32)14-9-24)29(36)19-12-23-10-17-28(18-11-23)40(38,39)34-27-15-16-27/h3-11,13-14,17-18,22,27,30,34H,12,15-16,19-21H2,1-2H3,(H,33,37)/t30-/m0/s1. The molecule has 0 spiro atoms. The van der Waals surface area contributed by atoms with Gasteiger partial charge in [0.05, 0.1) is 4.90 Å². The van der Waals surface area contributed by atoms with E-state index in [0.717, 1.165) is 18.4 Å². The summed E-state index contributed by atoms with van der Waals surface area (Å²) >= 11 is 0. The molecule has 3 aromatic rings. The second kappa shape index (κ2) is 13.2. The van der Waals surface area contributed by atoms with Crippen LogP contribution >= 0.6 is 0 Å². The van der Waals surface area contributed by atoms with Gasteiger partial charge in [-0.2, -0.15) is 0 Å². The highest BCUT2D eigenvalue weighted by Gasteiger charge is 2.31. The Kier molecular flexibility index (Phi) is 9.71. The summed E-state index contributed by atoms with van der Waals surface area (Å²) in [6.45, 7) is 4.58. The number of aryl methyl sites for hydroxylation is 1. The van der Waals surface area contributed by atoms with Crippen molar-refractivity contribution >= 4 is 21.8 Å². The average molecular weight is 566 g/mol. The molecule has 1 aliphatic rings. The Labute approximate surface area is 235 Å². The van der Waals surface area contributed by atoms with Crippen LogP contribution in [0.15, 0.2) is 83.8 Å². The van der Waals surface area contributed by atoms with Crippen molar-refractivity contribution in [2.45, 2.75) is 63.1 Å². The molecule has 1 saturated carbocycles. The van der Waals surface area contributed by atoms with E-state index in [1.807, 2.05) is 44.2 Å². The van der Waals surface area contributed by atoms with E-state index in [1.54, 1.807) is 36.4 Å². The smallest absolute Gasteiger partial charge is 0.247 e. The Morgan fingerprint density at radius 3 is 2.15 bits per heavy atom. The molecule has 1 aliphatic carbocycles. The van der Waals surface area contributed by atoms with Crippen LogP contribution in [0.4, 0.5) is 4.39 Å². The number of nitrogens with one attached hydrogen (secondary N) is 2. The quantitative estimate of drug-likeness (QED) is 0.313. The largest absolute Gasteiger partial charge is 0.354 e. The summed E-state index contributed by atoms with van der Waals surface area (Å²) in [5.41, 5.74) is 2.18. The number of benzene rings is 3. The molecule has 40 heavy (non-hydrogen) atoms. The van der Waals surface area contributed by atoms with Gasteiger partial charge in [-0.05, 0) is 66.1 Å². The summed E-state index contributed by atoms with van der Waals surface area (Å²) in [5, 5.41) is 2.97. The Morgan fingerprint density at radius 2 is 1.55 bits per heavy atom. The Balaban J connectivity index is 1.55. The Hall–Kier alpha value is -3.56. The van der Waals surface area contributed by atoms with E-state index in [9.17, 15) is 22.4 Å². The van der Waals surface area contributed by atoms with E-state index in [4.69, 9.17) is 0 Å². The fraction of sp³-hybridized carbons (Fsp3) is 0.355. The number of carbonyl (C=O) groups is 2. The zero-order valence-corrected chi connectivity index (χ0v) is 23.7. The summed E-state index contributed by atoms with van der Waals surface area (Å²) in [4.78, 5) is 29.0. The van der Waals surface area contributed by atoms with Crippen molar-refractivity contribution in [3.63, 3.8) is 0 Å². The highest BCUT2D eigenvalue weighted by atomic mass is 32.2. The normalized spacial score (nSPS) is 14.1. The van der Waals surface area contributed by atoms with Crippen molar-refractivity contribution < 1.29 is 22.4 Å². The fourth-order valence-corrected chi connectivity index (χ4v) is 5.64. The SMILES string of the molecule is CC(C)CNC(=O)[C@H](c1ccccc1)N(Cc1ccc(F)cc1)C(=O)CCc1ccc(S(=O)(=O)NC2CC2)cc1. The molecule has 0 heterocycles. The molecule has 0 aliphatic heterocycles. The molecule has 3 aromatic carbocycles. The summed E-state index contributed by atoms with van der Waals surface area (Å²) in [6, 6.07) is 20.7. The van der Waals surface area contributed by atoms with Crippen LogP contribution in [0.1, 0.15) is 55.8 Å². The third kappa shape index (κ3) is 8.22. The number of amides is 2. The molecule has 2 amide bonds. The molecule has 1 fully saturated rings. The van der Waals surface area contributed by atoms with E-state index in [0.29, 0.717) is 24.1 Å². The van der Waals surface area contributed by atoms with E-state index in [1.165, 1.54) is 17.0 Å². The Bertz CT molecular complexity index is 1390. The number of halogens is 1. The first kappa shape index (κ1) is 29.4. The molecule has 7 nitrogen and oxygen atoms in total. The minimum Gasteiger partial charge on any atom is -0.354 e. The summed E-state index contributed by atoms with van der Waals surface area (Å²) < 4.78 is 41.2. The van der Waals surface area contributed by atoms with Gasteiger partial charge >= 0.3 is 0 Å². The zero-order valence-electron chi connectivity index (χ0n) is 22.8. The summed E-state index contributed by atoms with van der Waals surface area (Å²) in [5.74, 6) is -0.681. The van der Waals surface area contributed by atoms with Gasteiger partial charge in [-0.15, -0.1) is 0 Å². The first-order valence-electron chi connectivity index (χ1n) is 13.6. The molecule has 1 atom stereocenters. The first-order chi connectivity index (χ1) is 19.1. The van der Waals surface area contributed by atoms with Gasteiger partial charge in [-0.25, -0.2) is 17.5 Å². The van der Waals surface area contributed by atoms with Crippen molar-refractivity contribution in [2.24, 2.45) is 5.92 Å². The van der Waals surface area contributed by atoms with Crippen LogP contribution < -0.4 is 10.0 Å². The van der Waals surface area contributed by atoms with Crippen molar-refractivity contribution in [3.8, 4) is 0 Å². The molecule has 0 aromatic heterocycles. The lowest BCUT2D eigenvalue weighted by Crippen LogP contribution is -2.44. The van der Waals surface area contributed by atoms with Crippen LogP contribution in [-0.2, 0) is 32.6 Å². The van der Waals surface area contributed by atoms with Crippen LogP contribution in [0, 0.1) is 11.7 Å². The van der Waals surface area contributed by atoms with Crippen LogP contribution in [-0.4, -0.2) is 37.7 Å². The van der Waals surface area contributed by atoms with Gasteiger partial charge in [0.25, 0.3) is 0 Å². The van der Waals surface area contributed by atoms with Crippen molar-refractivity contribution in [1.29, 1.82) is 0 Å². The number of sulfonamides is 1. The maximum absolute atomic E-state index is 13.8. The predicted molar refractivity (Wildman–Crippen MR) is 152 cm³/mol. The zero-order chi connectivity index (χ0) is 28.7. The third-order valence-corrected chi connectivity index (χ3v) is 8.24. The van der Waals surface area contributed by atoms with E-state index in [-0.39, 0.29) is 47.5 Å². The highest BCUT2D eigenvalue weighted by molar-refractivity contribution is 7.89. The van der Waals surface area contributed by atoms with E-state index in [2.05, 4.69) is 10.0 Å². The van der Waals surface area contributed by atoms with Crippen LogP contribution in [0.2, 0.25) is 0 Å². The number of hydrogen-bond acceptors (Lipinski definition) is 4. The van der Waals surface area contributed by atoms with Gasteiger partial charge in [-0.3, -0.25) is 9.59 Å². The van der Waals surface area contributed by atoms with Crippen molar-refractivity contribution in [1.82, 2.24) is 14.9 Å². The first-order valence-corrected chi connectivity index (χ1v) is 15.1. The van der Waals surface area contributed by atoms with E-state index >= 15 is 0 Å². The third-order valence-electron chi connectivity index (χ3n) is 6.71. The molecule has 2 N–H and O–H groups in total. The van der Waals surface area contributed by atoms with Gasteiger partial charge in [-0.1, -0.05) is 68.4 Å². The fourth-order valence-electron chi connectivity index (χ4n) is 4.34. The van der Waals surface area contributed by atoms with Gasteiger partial charge in [0.2, 0.25) is 21.8 Å². The molecule has 0 saturated heterocycles. The number of hydrogen-bond donors (Lipinski definition) is 2. The van der Waals surface area contributed by atoms with E-state index < -0.39 is 16.1 Å². The molecule has 0 radical (unpaired) electrons. The van der Waals surface area contributed by atoms with Crippen LogP contribution in [0.5, 0.6) is 0 Å². The van der Waals surface area contributed by atoms with Gasteiger partial charge in [0.15, 0.2) is 0 Å². The molecular weight excluding hydrogens is 529 g/mol. The number of nitrogens with zero attached hydrogens (tertiary/aromatic N) is 1. The number of rotatable bonds is 13. The minimum absolute atomic E-state index is 0.0182. The van der Waals surface area contributed by atoms with Gasteiger partial charge < -0.3 is 10.2 Å². The molecule has 212 valence electrons. The molecule has 0 bridgehead atoms. The lowest BCUT2D eigenvalue weighted by atomic mass is 10.0.